The first-order valence-electron chi connectivity index (χ1n) is 6.31. The summed E-state index contributed by atoms with van der Waals surface area (Å²) in [5.41, 5.74) is -0.915. The molecule has 0 saturated carbocycles. The molecule has 0 saturated heterocycles. The lowest BCUT2D eigenvalue weighted by Crippen LogP contribution is -2.58. The largest absolute Gasteiger partial charge is 0.493 e. The van der Waals surface area contributed by atoms with Crippen molar-refractivity contribution in [3.05, 3.63) is 27.8 Å². The fourth-order valence-electron chi connectivity index (χ4n) is 1.58. The summed E-state index contributed by atoms with van der Waals surface area (Å²) < 4.78 is 97.1. The van der Waals surface area contributed by atoms with Crippen LogP contribution in [-0.2, 0) is 0 Å². The van der Waals surface area contributed by atoms with Gasteiger partial charge in [-0.25, -0.2) is 5.43 Å². The Hall–Kier alpha value is -2.80. The maximum absolute atomic E-state index is 13.1. The van der Waals surface area contributed by atoms with E-state index in [1.807, 2.05) is 0 Å². The van der Waals surface area contributed by atoms with Gasteiger partial charge in [0.15, 0.2) is 11.5 Å². The van der Waals surface area contributed by atoms with Crippen LogP contribution in [-0.4, -0.2) is 43.5 Å². The number of nitrogens with zero attached hydrogens (tertiary/aromatic N) is 2. The first kappa shape index (κ1) is 21.2. The fraction of sp³-hybridized carbons (Fsp3) is 0.417. The number of rotatable bonds is 7. The van der Waals surface area contributed by atoms with E-state index in [2.05, 4.69) is 5.10 Å². The minimum Gasteiger partial charge on any atom is -0.493 e. The van der Waals surface area contributed by atoms with Crippen LogP contribution in [0.2, 0.25) is 0 Å². The number of nitrogens with one attached hydrogen (secondary N) is 1. The number of alkyl halides is 7. The van der Waals surface area contributed by atoms with E-state index >= 15 is 0 Å². The van der Waals surface area contributed by atoms with E-state index in [-0.39, 0.29) is 17.7 Å². The maximum Gasteiger partial charge on any atom is 0.462 e. The molecular weight excluding hydrogens is 383 g/mol. The molecule has 0 aliphatic rings. The summed E-state index contributed by atoms with van der Waals surface area (Å²) in [6, 6.07) is -4.09. The minimum atomic E-state index is -6.55. The number of nitro benzene ring substituents is 1. The molecule has 0 heterocycles. The molecule has 7 nitrogen and oxygen atoms in total. The van der Waals surface area contributed by atoms with Crippen LogP contribution in [0.5, 0.6) is 11.5 Å². The van der Waals surface area contributed by atoms with Crippen molar-refractivity contribution >= 4 is 11.9 Å². The summed E-state index contributed by atoms with van der Waals surface area (Å²) >= 11 is 0. The van der Waals surface area contributed by atoms with Crippen LogP contribution < -0.4 is 14.9 Å². The van der Waals surface area contributed by atoms with Gasteiger partial charge < -0.3 is 9.47 Å². The van der Waals surface area contributed by atoms with Crippen LogP contribution in [0.1, 0.15) is 5.56 Å². The second-order valence-electron chi connectivity index (χ2n) is 4.54. The zero-order valence-electron chi connectivity index (χ0n) is 12.9. The lowest BCUT2D eigenvalue weighted by molar-refractivity contribution is -0.385. The first-order valence-corrected chi connectivity index (χ1v) is 6.31. The Morgan fingerprint density at radius 1 is 1.08 bits per heavy atom. The Morgan fingerprint density at radius 3 is 2.00 bits per heavy atom. The second-order valence-corrected chi connectivity index (χ2v) is 4.54. The number of hydrogen-bond donors (Lipinski definition) is 1. The number of ether oxygens (including phenoxy) is 2. The molecule has 146 valence electrons. The summed E-state index contributed by atoms with van der Waals surface area (Å²) in [5.74, 6) is -6.65. The molecule has 0 radical (unpaired) electrons. The molecule has 0 aliphatic carbocycles. The Labute approximate surface area is 140 Å². The van der Waals surface area contributed by atoms with Gasteiger partial charge in [-0.3, -0.25) is 10.1 Å². The molecule has 0 bridgehead atoms. The molecule has 0 spiro atoms. The Morgan fingerprint density at radius 2 is 1.58 bits per heavy atom. The van der Waals surface area contributed by atoms with E-state index in [4.69, 9.17) is 9.47 Å². The van der Waals surface area contributed by atoms with Gasteiger partial charge in [0.2, 0.25) is 0 Å². The van der Waals surface area contributed by atoms with Crippen molar-refractivity contribution in [1.82, 2.24) is 5.43 Å². The number of hydrazone groups is 1. The van der Waals surface area contributed by atoms with E-state index in [0.29, 0.717) is 5.43 Å². The maximum atomic E-state index is 13.1. The molecule has 1 aromatic rings. The highest BCUT2D eigenvalue weighted by molar-refractivity contribution is 5.86. The Kier molecular flexibility index (Phi) is 5.89. The zero-order valence-corrected chi connectivity index (χ0v) is 12.9. The third-order valence-electron chi connectivity index (χ3n) is 2.89. The third kappa shape index (κ3) is 4.05. The quantitative estimate of drug-likeness (QED) is 0.253. The Balaban J connectivity index is 3.21. The molecule has 0 aromatic heterocycles. The molecule has 0 atom stereocenters. The van der Waals surface area contributed by atoms with Gasteiger partial charge in [0.05, 0.1) is 37.0 Å². The van der Waals surface area contributed by atoms with Crippen LogP contribution in [0, 0.1) is 10.1 Å². The molecule has 14 heteroatoms. The van der Waals surface area contributed by atoms with Crippen molar-refractivity contribution in [1.29, 1.82) is 0 Å². The van der Waals surface area contributed by atoms with Crippen molar-refractivity contribution < 1.29 is 45.1 Å². The van der Waals surface area contributed by atoms with Gasteiger partial charge in [-0.1, -0.05) is 0 Å². The first-order chi connectivity index (χ1) is 11.8. The van der Waals surface area contributed by atoms with Crippen molar-refractivity contribution in [3.8, 4) is 11.5 Å². The van der Waals surface area contributed by atoms with Gasteiger partial charge in [-0.05, 0) is 6.07 Å². The van der Waals surface area contributed by atoms with Gasteiger partial charge in [-0.2, -0.15) is 35.8 Å². The highest BCUT2D eigenvalue weighted by atomic mass is 19.4. The van der Waals surface area contributed by atoms with E-state index in [1.54, 1.807) is 0 Å². The van der Waals surface area contributed by atoms with Crippen LogP contribution in [0.3, 0.4) is 0 Å². The van der Waals surface area contributed by atoms with Gasteiger partial charge in [0.25, 0.3) is 5.69 Å². The summed E-state index contributed by atoms with van der Waals surface area (Å²) in [6.45, 7) is 0. The zero-order chi connectivity index (χ0) is 20.3. The van der Waals surface area contributed by atoms with E-state index in [0.717, 1.165) is 26.4 Å². The van der Waals surface area contributed by atoms with Crippen LogP contribution in [0.15, 0.2) is 17.2 Å². The molecule has 1 N–H and O–H groups in total. The molecular formula is C12H10F7N3O4. The van der Waals surface area contributed by atoms with E-state index in [1.165, 1.54) is 0 Å². The SMILES string of the molecule is COc1cc(/C=N/NC(F)(F)C(F)(F)C(F)(F)F)c([N+](=O)[O-])cc1OC. The lowest BCUT2D eigenvalue weighted by Gasteiger charge is -2.27. The predicted molar refractivity (Wildman–Crippen MR) is 72.9 cm³/mol. The minimum absolute atomic E-state index is 0.105. The average Bonchev–Trinajstić information content (AvgIpc) is 2.52. The third-order valence-corrected chi connectivity index (χ3v) is 2.89. The summed E-state index contributed by atoms with van der Waals surface area (Å²) in [5, 5.41) is 13.5. The summed E-state index contributed by atoms with van der Waals surface area (Å²) in [4.78, 5) is 9.97. The molecule has 0 amide bonds. The molecule has 26 heavy (non-hydrogen) atoms. The normalized spacial score (nSPS) is 13.0. The van der Waals surface area contributed by atoms with Gasteiger partial charge in [0.1, 0.15) is 0 Å². The van der Waals surface area contributed by atoms with Crippen molar-refractivity contribution in [2.75, 3.05) is 14.2 Å². The summed E-state index contributed by atoms with van der Waals surface area (Å²) in [6.07, 6.45) is -6.28. The Bertz CT molecular complexity index is 707. The standard InChI is InChI=1S/C12H10F7N3O4/c1-25-8-3-6(7(22(23)24)4-9(8)26-2)5-20-21-12(18,19)10(13,14)11(15,16)17/h3-5,21H,1-2H3/b20-5+. The van der Waals surface area contributed by atoms with Gasteiger partial charge in [-0.15, -0.1) is 0 Å². The topological polar surface area (TPSA) is 86.0 Å². The van der Waals surface area contributed by atoms with Gasteiger partial charge >= 0.3 is 18.1 Å². The van der Waals surface area contributed by atoms with Crippen LogP contribution in [0.25, 0.3) is 0 Å². The highest BCUT2D eigenvalue weighted by Gasteiger charge is 2.73. The van der Waals surface area contributed by atoms with Crippen molar-refractivity contribution in [2.45, 2.75) is 18.1 Å². The smallest absolute Gasteiger partial charge is 0.462 e. The predicted octanol–water partition coefficient (Wildman–Crippen LogP) is 3.33. The monoisotopic (exact) mass is 393 g/mol. The van der Waals surface area contributed by atoms with Crippen molar-refractivity contribution in [3.63, 3.8) is 0 Å². The number of benzene rings is 1. The molecule has 0 aliphatic heterocycles. The van der Waals surface area contributed by atoms with Gasteiger partial charge in [0, 0.05) is 0 Å². The average molecular weight is 393 g/mol. The van der Waals surface area contributed by atoms with E-state index in [9.17, 15) is 40.8 Å². The fourth-order valence-corrected chi connectivity index (χ4v) is 1.58. The highest BCUT2D eigenvalue weighted by Crippen LogP contribution is 2.45. The number of halogens is 7. The number of nitro groups is 1. The van der Waals surface area contributed by atoms with E-state index < -0.39 is 34.3 Å². The van der Waals surface area contributed by atoms with Crippen LogP contribution >= 0.6 is 0 Å². The second kappa shape index (κ2) is 7.21. The van der Waals surface area contributed by atoms with Crippen molar-refractivity contribution in [2.24, 2.45) is 5.10 Å². The summed E-state index contributed by atoms with van der Waals surface area (Å²) in [7, 11) is 2.29. The molecule has 1 rings (SSSR count). The lowest BCUT2D eigenvalue weighted by atomic mass is 10.1. The molecule has 0 unspecified atom stereocenters. The number of hydrogen-bond acceptors (Lipinski definition) is 6. The van der Waals surface area contributed by atoms with Crippen LogP contribution in [0.4, 0.5) is 36.4 Å². The molecule has 1 aromatic carbocycles. The number of methoxy groups -OCH3 is 2. The molecule has 0 fully saturated rings.